The summed E-state index contributed by atoms with van der Waals surface area (Å²) in [6, 6.07) is 6.96. The third kappa shape index (κ3) is 2.88. The number of nitrogens with one attached hydrogen (secondary N) is 1. The molecule has 1 aromatic carbocycles. The number of benzene rings is 1. The summed E-state index contributed by atoms with van der Waals surface area (Å²) in [5.74, 6) is 0.273. The summed E-state index contributed by atoms with van der Waals surface area (Å²) >= 11 is 0. The summed E-state index contributed by atoms with van der Waals surface area (Å²) < 4.78 is 0. The molecule has 20 heavy (non-hydrogen) atoms. The first-order chi connectivity index (χ1) is 9.74. The minimum Gasteiger partial charge on any atom is -0.337 e. The lowest BCUT2D eigenvalue weighted by Crippen LogP contribution is -2.52. The van der Waals surface area contributed by atoms with Crippen molar-refractivity contribution in [3.63, 3.8) is 0 Å². The SMILES string of the molecule is C[C@H]1CNCCN1C(=O)Cc1ccc2c(c1)CCCC2. The summed E-state index contributed by atoms with van der Waals surface area (Å²) in [4.78, 5) is 14.5. The van der Waals surface area contributed by atoms with Crippen LogP contribution < -0.4 is 5.32 Å². The van der Waals surface area contributed by atoms with Crippen molar-refractivity contribution in [2.45, 2.75) is 45.1 Å². The fourth-order valence-corrected chi connectivity index (χ4v) is 3.38. The van der Waals surface area contributed by atoms with Crippen molar-refractivity contribution in [3.05, 3.63) is 34.9 Å². The highest BCUT2D eigenvalue weighted by Crippen LogP contribution is 2.22. The average Bonchev–Trinajstić information content (AvgIpc) is 2.47. The van der Waals surface area contributed by atoms with Crippen molar-refractivity contribution < 1.29 is 4.79 Å². The molecule has 1 aromatic rings. The minimum absolute atomic E-state index is 0.273. The lowest BCUT2D eigenvalue weighted by molar-refractivity contribution is -0.133. The maximum absolute atomic E-state index is 12.4. The molecule has 0 bridgehead atoms. The molecular weight excluding hydrogens is 248 g/mol. The van der Waals surface area contributed by atoms with E-state index in [0.717, 1.165) is 19.6 Å². The number of hydrogen-bond acceptors (Lipinski definition) is 2. The molecule has 1 fully saturated rings. The molecule has 1 saturated heterocycles. The van der Waals surface area contributed by atoms with Gasteiger partial charge in [-0.15, -0.1) is 0 Å². The second-order valence-corrected chi connectivity index (χ2v) is 6.13. The fraction of sp³-hybridized carbons (Fsp3) is 0.588. The summed E-state index contributed by atoms with van der Waals surface area (Å²) in [6.07, 6.45) is 5.54. The van der Waals surface area contributed by atoms with Gasteiger partial charge in [0.25, 0.3) is 0 Å². The molecule has 1 heterocycles. The highest BCUT2D eigenvalue weighted by atomic mass is 16.2. The van der Waals surface area contributed by atoms with Gasteiger partial charge in [0.15, 0.2) is 0 Å². The minimum atomic E-state index is 0.273. The first-order valence-corrected chi connectivity index (χ1v) is 7.85. The molecule has 0 aromatic heterocycles. The van der Waals surface area contributed by atoms with Crippen LogP contribution >= 0.6 is 0 Å². The van der Waals surface area contributed by atoms with Crippen LogP contribution in [-0.2, 0) is 24.1 Å². The normalized spacial score (nSPS) is 22.4. The van der Waals surface area contributed by atoms with E-state index in [1.54, 1.807) is 0 Å². The Morgan fingerprint density at radius 3 is 2.90 bits per heavy atom. The van der Waals surface area contributed by atoms with Gasteiger partial charge in [0.2, 0.25) is 5.91 Å². The Bertz CT molecular complexity index is 498. The van der Waals surface area contributed by atoms with Crippen LogP contribution in [0, 0.1) is 0 Å². The largest absolute Gasteiger partial charge is 0.337 e. The molecule has 2 aliphatic rings. The number of piperazine rings is 1. The number of nitrogens with zero attached hydrogens (tertiary/aromatic N) is 1. The molecule has 1 aliphatic heterocycles. The second kappa shape index (κ2) is 5.96. The standard InChI is InChI=1S/C17H24N2O/c1-13-12-18-8-9-19(13)17(20)11-14-6-7-15-4-2-3-5-16(15)10-14/h6-7,10,13,18H,2-5,8-9,11-12H2,1H3/t13-/m0/s1. The Morgan fingerprint density at radius 1 is 1.30 bits per heavy atom. The van der Waals surface area contributed by atoms with E-state index in [1.165, 1.54) is 42.4 Å². The number of amides is 1. The fourth-order valence-electron chi connectivity index (χ4n) is 3.38. The zero-order valence-corrected chi connectivity index (χ0v) is 12.3. The number of hydrogen-bond donors (Lipinski definition) is 1. The lowest BCUT2D eigenvalue weighted by Gasteiger charge is -2.34. The van der Waals surface area contributed by atoms with E-state index in [1.807, 2.05) is 4.90 Å². The quantitative estimate of drug-likeness (QED) is 0.892. The third-order valence-corrected chi connectivity index (χ3v) is 4.59. The number of aryl methyl sites for hydroxylation is 2. The van der Waals surface area contributed by atoms with Gasteiger partial charge in [-0.2, -0.15) is 0 Å². The molecular formula is C17H24N2O. The topological polar surface area (TPSA) is 32.3 Å². The molecule has 1 N–H and O–H groups in total. The van der Waals surface area contributed by atoms with Gasteiger partial charge in [-0.3, -0.25) is 4.79 Å². The van der Waals surface area contributed by atoms with E-state index in [9.17, 15) is 4.79 Å². The van der Waals surface area contributed by atoms with E-state index >= 15 is 0 Å². The van der Waals surface area contributed by atoms with E-state index in [4.69, 9.17) is 0 Å². The Labute approximate surface area is 121 Å². The summed E-state index contributed by atoms with van der Waals surface area (Å²) in [5, 5.41) is 3.33. The molecule has 3 rings (SSSR count). The second-order valence-electron chi connectivity index (χ2n) is 6.13. The molecule has 108 valence electrons. The van der Waals surface area contributed by atoms with Crippen LogP contribution in [0.1, 0.15) is 36.5 Å². The van der Waals surface area contributed by atoms with Gasteiger partial charge in [0.1, 0.15) is 0 Å². The lowest BCUT2D eigenvalue weighted by atomic mass is 9.90. The first-order valence-electron chi connectivity index (χ1n) is 7.85. The zero-order chi connectivity index (χ0) is 13.9. The molecule has 0 radical (unpaired) electrons. The Morgan fingerprint density at radius 2 is 2.10 bits per heavy atom. The van der Waals surface area contributed by atoms with E-state index in [-0.39, 0.29) is 5.91 Å². The van der Waals surface area contributed by atoms with Crippen LogP contribution in [-0.4, -0.2) is 36.5 Å². The first kappa shape index (κ1) is 13.6. The molecule has 1 atom stereocenters. The summed E-state index contributed by atoms with van der Waals surface area (Å²) in [7, 11) is 0. The summed E-state index contributed by atoms with van der Waals surface area (Å²) in [5.41, 5.74) is 4.14. The molecule has 1 aliphatic carbocycles. The van der Waals surface area contributed by atoms with Crippen molar-refractivity contribution in [1.29, 1.82) is 0 Å². The summed E-state index contributed by atoms with van der Waals surface area (Å²) in [6.45, 7) is 4.79. The maximum Gasteiger partial charge on any atom is 0.227 e. The zero-order valence-electron chi connectivity index (χ0n) is 12.3. The van der Waals surface area contributed by atoms with Crippen LogP contribution in [0.5, 0.6) is 0 Å². The van der Waals surface area contributed by atoms with Crippen LogP contribution in [0.3, 0.4) is 0 Å². The van der Waals surface area contributed by atoms with Gasteiger partial charge in [-0.25, -0.2) is 0 Å². The van der Waals surface area contributed by atoms with Crippen molar-refractivity contribution in [2.75, 3.05) is 19.6 Å². The average molecular weight is 272 g/mol. The van der Waals surface area contributed by atoms with Gasteiger partial charge in [-0.1, -0.05) is 18.2 Å². The van der Waals surface area contributed by atoms with Crippen molar-refractivity contribution in [2.24, 2.45) is 0 Å². The predicted octanol–water partition coefficient (Wildman–Crippen LogP) is 1.93. The van der Waals surface area contributed by atoms with Gasteiger partial charge >= 0.3 is 0 Å². The number of fused-ring (bicyclic) bond motifs is 1. The van der Waals surface area contributed by atoms with Crippen LogP contribution in [0.25, 0.3) is 0 Å². The highest BCUT2D eigenvalue weighted by Gasteiger charge is 2.23. The predicted molar refractivity (Wildman–Crippen MR) is 80.8 cm³/mol. The molecule has 3 heteroatoms. The molecule has 1 amide bonds. The van der Waals surface area contributed by atoms with Gasteiger partial charge < -0.3 is 10.2 Å². The van der Waals surface area contributed by atoms with Crippen LogP contribution in [0.4, 0.5) is 0 Å². The van der Waals surface area contributed by atoms with E-state index in [2.05, 4.69) is 30.4 Å². The van der Waals surface area contributed by atoms with Crippen LogP contribution in [0.2, 0.25) is 0 Å². The maximum atomic E-state index is 12.4. The van der Waals surface area contributed by atoms with Crippen LogP contribution in [0.15, 0.2) is 18.2 Å². The van der Waals surface area contributed by atoms with Gasteiger partial charge in [-0.05, 0) is 49.3 Å². The van der Waals surface area contributed by atoms with E-state index < -0.39 is 0 Å². The van der Waals surface area contributed by atoms with Gasteiger partial charge in [0, 0.05) is 25.7 Å². The van der Waals surface area contributed by atoms with Crippen molar-refractivity contribution >= 4 is 5.91 Å². The smallest absolute Gasteiger partial charge is 0.227 e. The molecule has 0 spiro atoms. The van der Waals surface area contributed by atoms with Gasteiger partial charge in [0.05, 0.1) is 6.42 Å². The molecule has 3 nitrogen and oxygen atoms in total. The molecule has 0 unspecified atom stereocenters. The Hall–Kier alpha value is -1.35. The monoisotopic (exact) mass is 272 g/mol. The molecule has 0 saturated carbocycles. The van der Waals surface area contributed by atoms with E-state index in [0.29, 0.717) is 12.5 Å². The number of carbonyl (C=O) groups excluding carboxylic acids is 1. The number of rotatable bonds is 2. The third-order valence-electron chi connectivity index (χ3n) is 4.59. The Kier molecular flexibility index (Phi) is 4.06. The highest BCUT2D eigenvalue weighted by molar-refractivity contribution is 5.79. The van der Waals surface area contributed by atoms with Crippen molar-refractivity contribution in [3.8, 4) is 0 Å². The number of carbonyl (C=O) groups is 1. The Balaban J connectivity index is 1.69. The van der Waals surface area contributed by atoms with Crippen molar-refractivity contribution in [1.82, 2.24) is 10.2 Å².